The Morgan fingerprint density at radius 1 is 1.11 bits per heavy atom. The highest BCUT2D eigenvalue weighted by Crippen LogP contribution is 2.27. The van der Waals surface area contributed by atoms with Crippen molar-refractivity contribution in [2.24, 2.45) is 5.73 Å². The molecule has 4 aromatic rings. The standard InChI is InChI=1S/C26H25ClN4O4S/c1-17-11-12-30(31(36(34)35)24-8-4-6-18-5-2-3-7-22(18)24)26(33)23(17)14-25(32)29-16-20-13-21(27)10-9-19(20)15-28/h2-13H,14-16,28H2,1H3,(H,29,32)(H,34,35)/p-1. The third-order valence-electron chi connectivity index (χ3n) is 5.92. The molecule has 1 aromatic heterocycles. The fourth-order valence-electron chi connectivity index (χ4n) is 4.03. The van der Waals surface area contributed by atoms with Gasteiger partial charge in [-0.1, -0.05) is 54.1 Å². The number of aryl methyl sites for hydroxylation is 1. The third kappa shape index (κ3) is 5.34. The highest BCUT2D eigenvalue weighted by Gasteiger charge is 2.19. The molecule has 10 heteroatoms. The van der Waals surface area contributed by atoms with E-state index in [1.807, 2.05) is 18.2 Å². The number of rotatable bonds is 8. The molecule has 0 radical (unpaired) electrons. The Hall–Kier alpha value is -3.50. The smallest absolute Gasteiger partial charge is 0.274 e. The number of hydrogen-bond acceptors (Lipinski definition) is 5. The first-order valence-corrected chi connectivity index (χ1v) is 12.5. The summed E-state index contributed by atoms with van der Waals surface area (Å²) in [5.41, 5.74) is 7.88. The van der Waals surface area contributed by atoms with Gasteiger partial charge in [-0.3, -0.25) is 13.8 Å². The minimum atomic E-state index is -2.81. The molecule has 0 bridgehead atoms. The van der Waals surface area contributed by atoms with Gasteiger partial charge in [0.2, 0.25) is 5.91 Å². The summed E-state index contributed by atoms with van der Waals surface area (Å²) in [5, 5.41) is 4.80. The van der Waals surface area contributed by atoms with Gasteiger partial charge < -0.3 is 15.6 Å². The average molecular weight is 524 g/mol. The van der Waals surface area contributed by atoms with Crippen molar-refractivity contribution >= 4 is 45.2 Å². The summed E-state index contributed by atoms with van der Waals surface area (Å²) in [7, 11) is 0. The van der Waals surface area contributed by atoms with Crippen molar-refractivity contribution in [1.82, 2.24) is 9.99 Å². The maximum Gasteiger partial charge on any atom is 0.274 e. The quantitative estimate of drug-likeness (QED) is 0.343. The molecule has 3 aromatic carbocycles. The Labute approximate surface area is 215 Å². The Kier molecular flexibility index (Phi) is 7.85. The SMILES string of the molecule is Cc1ccn(N(c2cccc3ccccc23)S(=O)[O-])c(=O)c1CC(=O)NCc1cc(Cl)ccc1CN. The zero-order valence-corrected chi connectivity index (χ0v) is 21.0. The normalized spacial score (nSPS) is 11.9. The summed E-state index contributed by atoms with van der Waals surface area (Å²) in [4.78, 5) is 26.2. The molecule has 1 atom stereocenters. The number of pyridine rings is 1. The number of halogens is 1. The summed E-state index contributed by atoms with van der Waals surface area (Å²) in [5.74, 6) is -0.393. The van der Waals surface area contributed by atoms with Crippen LogP contribution in [0.3, 0.4) is 0 Å². The van der Waals surface area contributed by atoms with Crippen LogP contribution in [-0.4, -0.2) is 19.3 Å². The largest absolute Gasteiger partial charge is 0.754 e. The Morgan fingerprint density at radius 3 is 2.61 bits per heavy atom. The number of benzene rings is 3. The molecule has 8 nitrogen and oxygen atoms in total. The predicted molar refractivity (Wildman–Crippen MR) is 141 cm³/mol. The number of hydrogen-bond donors (Lipinski definition) is 2. The summed E-state index contributed by atoms with van der Waals surface area (Å²) in [6.45, 7) is 2.19. The first kappa shape index (κ1) is 25.6. The molecular weight excluding hydrogens is 500 g/mol. The average Bonchev–Trinajstić information content (AvgIpc) is 2.87. The fraction of sp³-hybridized carbons (Fsp3) is 0.154. The second-order valence-electron chi connectivity index (χ2n) is 8.19. The van der Waals surface area contributed by atoms with E-state index >= 15 is 0 Å². The first-order chi connectivity index (χ1) is 17.3. The van der Waals surface area contributed by atoms with Gasteiger partial charge in [-0.05, 0) is 53.3 Å². The molecule has 0 saturated carbocycles. The zero-order valence-electron chi connectivity index (χ0n) is 19.4. The van der Waals surface area contributed by atoms with Crippen LogP contribution in [0, 0.1) is 6.92 Å². The number of nitrogens with zero attached hydrogens (tertiary/aromatic N) is 2. The number of carbonyl (C=O) groups is 1. The topological polar surface area (TPSA) is 120 Å². The maximum atomic E-state index is 13.4. The monoisotopic (exact) mass is 523 g/mol. The van der Waals surface area contributed by atoms with Gasteiger partial charge in [-0.15, -0.1) is 0 Å². The number of fused-ring (bicyclic) bond motifs is 1. The predicted octanol–water partition coefficient (Wildman–Crippen LogP) is 3.34. The molecule has 1 unspecified atom stereocenters. The van der Waals surface area contributed by atoms with Crippen molar-refractivity contribution < 1.29 is 13.6 Å². The van der Waals surface area contributed by atoms with Crippen LogP contribution in [-0.2, 0) is 35.6 Å². The van der Waals surface area contributed by atoms with Gasteiger partial charge in [0, 0.05) is 35.3 Å². The van der Waals surface area contributed by atoms with E-state index in [1.54, 1.807) is 55.5 Å². The maximum absolute atomic E-state index is 13.4. The van der Waals surface area contributed by atoms with Crippen molar-refractivity contribution in [3.05, 3.63) is 111 Å². The second kappa shape index (κ2) is 11.0. The van der Waals surface area contributed by atoms with Crippen LogP contribution >= 0.6 is 11.6 Å². The molecule has 0 aliphatic heterocycles. The van der Waals surface area contributed by atoms with Gasteiger partial charge in [0.15, 0.2) is 0 Å². The number of nitrogens with two attached hydrogens (primary N) is 1. The van der Waals surface area contributed by atoms with Gasteiger partial charge in [0.1, 0.15) is 0 Å². The van der Waals surface area contributed by atoms with Gasteiger partial charge in [0.25, 0.3) is 5.56 Å². The first-order valence-electron chi connectivity index (χ1n) is 11.1. The number of nitrogens with one attached hydrogen (secondary N) is 1. The van der Waals surface area contributed by atoms with Crippen LogP contribution in [0.15, 0.2) is 77.7 Å². The second-order valence-corrected chi connectivity index (χ2v) is 9.40. The van der Waals surface area contributed by atoms with Gasteiger partial charge >= 0.3 is 0 Å². The Balaban J connectivity index is 1.65. The lowest BCUT2D eigenvalue weighted by Gasteiger charge is -2.29. The summed E-state index contributed by atoms with van der Waals surface area (Å²) in [6.07, 6.45) is 1.16. The molecule has 3 N–H and O–H groups in total. The molecular formula is C26H24ClN4O4S-. The highest BCUT2D eigenvalue weighted by atomic mass is 35.5. The lowest BCUT2D eigenvalue weighted by molar-refractivity contribution is -0.120. The summed E-state index contributed by atoms with van der Waals surface area (Å²) >= 11 is 3.26. The lowest BCUT2D eigenvalue weighted by Crippen LogP contribution is -2.42. The molecule has 4 rings (SSSR count). The van der Waals surface area contributed by atoms with Crippen LogP contribution in [0.4, 0.5) is 5.69 Å². The van der Waals surface area contributed by atoms with Crippen molar-refractivity contribution in [2.45, 2.75) is 26.4 Å². The Bertz CT molecular complexity index is 1520. The number of anilines is 1. The van der Waals surface area contributed by atoms with Crippen LogP contribution in [0.25, 0.3) is 10.8 Å². The van der Waals surface area contributed by atoms with E-state index in [4.69, 9.17) is 17.3 Å². The van der Waals surface area contributed by atoms with E-state index in [0.29, 0.717) is 28.2 Å². The van der Waals surface area contributed by atoms with E-state index in [9.17, 15) is 18.4 Å². The van der Waals surface area contributed by atoms with Crippen molar-refractivity contribution in [3.63, 3.8) is 0 Å². The van der Waals surface area contributed by atoms with E-state index in [1.165, 1.54) is 6.20 Å². The zero-order chi connectivity index (χ0) is 25.8. The van der Waals surface area contributed by atoms with Crippen molar-refractivity contribution in [1.29, 1.82) is 0 Å². The minimum Gasteiger partial charge on any atom is -0.754 e. The third-order valence-corrected chi connectivity index (χ3v) is 6.81. The molecule has 0 fully saturated rings. The van der Waals surface area contributed by atoms with Gasteiger partial charge in [-0.25, -0.2) is 9.09 Å². The summed E-state index contributed by atoms with van der Waals surface area (Å²) in [6, 6.07) is 19.3. The van der Waals surface area contributed by atoms with Crippen molar-refractivity contribution in [3.8, 4) is 0 Å². The van der Waals surface area contributed by atoms with E-state index < -0.39 is 22.7 Å². The number of aromatic nitrogens is 1. The van der Waals surface area contributed by atoms with Gasteiger partial charge in [-0.2, -0.15) is 0 Å². The molecule has 1 amide bonds. The van der Waals surface area contributed by atoms with Crippen LogP contribution < -0.4 is 21.0 Å². The van der Waals surface area contributed by atoms with Crippen LogP contribution in [0.1, 0.15) is 22.3 Å². The van der Waals surface area contributed by atoms with E-state index in [-0.39, 0.29) is 18.5 Å². The highest BCUT2D eigenvalue weighted by molar-refractivity contribution is 7.80. The fourth-order valence-corrected chi connectivity index (χ4v) is 4.82. The Morgan fingerprint density at radius 2 is 1.86 bits per heavy atom. The molecule has 186 valence electrons. The van der Waals surface area contributed by atoms with Crippen molar-refractivity contribution in [2.75, 3.05) is 4.41 Å². The van der Waals surface area contributed by atoms with Crippen LogP contribution in [0.5, 0.6) is 0 Å². The molecule has 0 aliphatic rings. The number of carbonyl (C=O) groups excluding carboxylic acids is 1. The molecule has 1 heterocycles. The summed E-state index contributed by atoms with van der Waals surface area (Å²) < 4.78 is 26.6. The van der Waals surface area contributed by atoms with E-state index in [0.717, 1.165) is 25.6 Å². The lowest BCUT2D eigenvalue weighted by atomic mass is 10.1. The molecule has 0 spiro atoms. The molecule has 36 heavy (non-hydrogen) atoms. The van der Waals surface area contributed by atoms with Crippen LogP contribution in [0.2, 0.25) is 5.02 Å². The molecule has 0 saturated heterocycles. The molecule has 0 aliphatic carbocycles. The van der Waals surface area contributed by atoms with Gasteiger partial charge in [0.05, 0.1) is 23.4 Å². The minimum absolute atomic E-state index is 0.191. The number of amides is 1. The van der Waals surface area contributed by atoms with E-state index in [2.05, 4.69) is 5.32 Å².